The number of ether oxygens (including phenoxy) is 1. The molecule has 0 saturated carbocycles. The quantitative estimate of drug-likeness (QED) is 0.668. The number of nitrogens with one attached hydrogen (secondary N) is 1. The SMILES string of the molecule is C[C@H]1CNc2cccc(Cl)c2O1. The van der Waals surface area contributed by atoms with Crippen LogP contribution in [0, 0.1) is 0 Å². The van der Waals surface area contributed by atoms with Crippen molar-refractivity contribution in [2.45, 2.75) is 13.0 Å². The van der Waals surface area contributed by atoms with Gasteiger partial charge in [0.2, 0.25) is 0 Å². The van der Waals surface area contributed by atoms with Crippen molar-refractivity contribution >= 4 is 17.3 Å². The Morgan fingerprint density at radius 1 is 1.58 bits per heavy atom. The van der Waals surface area contributed by atoms with E-state index in [0.717, 1.165) is 18.0 Å². The van der Waals surface area contributed by atoms with Gasteiger partial charge < -0.3 is 10.1 Å². The molecular formula is C9H10ClNO. The highest BCUT2D eigenvalue weighted by atomic mass is 35.5. The fourth-order valence-electron chi connectivity index (χ4n) is 1.26. The molecule has 0 fully saturated rings. The van der Waals surface area contributed by atoms with E-state index >= 15 is 0 Å². The molecular weight excluding hydrogens is 174 g/mol. The van der Waals surface area contributed by atoms with E-state index in [1.54, 1.807) is 0 Å². The third kappa shape index (κ3) is 1.23. The Hall–Kier alpha value is -0.890. The Kier molecular flexibility index (Phi) is 1.85. The van der Waals surface area contributed by atoms with Crippen LogP contribution in [0.3, 0.4) is 0 Å². The molecule has 0 unspecified atom stereocenters. The summed E-state index contributed by atoms with van der Waals surface area (Å²) in [4.78, 5) is 0. The molecule has 1 heterocycles. The predicted octanol–water partition coefficient (Wildman–Crippen LogP) is 2.53. The number of anilines is 1. The van der Waals surface area contributed by atoms with Gasteiger partial charge in [-0.25, -0.2) is 0 Å². The van der Waals surface area contributed by atoms with E-state index in [9.17, 15) is 0 Å². The lowest BCUT2D eigenvalue weighted by Gasteiger charge is -2.25. The normalized spacial score (nSPS) is 20.7. The minimum atomic E-state index is 0.192. The van der Waals surface area contributed by atoms with Crippen molar-refractivity contribution in [2.24, 2.45) is 0 Å². The second-order valence-corrected chi connectivity index (χ2v) is 3.33. The second kappa shape index (κ2) is 2.87. The first kappa shape index (κ1) is 7.74. The Bertz CT molecular complexity index is 301. The van der Waals surface area contributed by atoms with E-state index in [1.807, 2.05) is 25.1 Å². The van der Waals surface area contributed by atoms with Crippen LogP contribution in [-0.2, 0) is 0 Å². The standard InChI is InChI=1S/C9H10ClNO/c1-6-5-11-8-4-2-3-7(10)9(8)12-6/h2-4,6,11H,5H2,1H3/t6-/m0/s1. The van der Waals surface area contributed by atoms with Crippen molar-refractivity contribution in [3.05, 3.63) is 23.2 Å². The molecule has 0 bridgehead atoms. The van der Waals surface area contributed by atoms with Crippen LogP contribution in [-0.4, -0.2) is 12.6 Å². The van der Waals surface area contributed by atoms with Crippen molar-refractivity contribution in [3.8, 4) is 5.75 Å². The molecule has 3 heteroatoms. The Labute approximate surface area is 76.5 Å². The third-order valence-corrected chi connectivity index (χ3v) is 2.16. The summed E-state index contributed by atoms with van der Waals surface area (Å²) in [7, 11) is 0. The lowest BCUT2D eigenvalue weighted by atomic mass is 10.2. The Balaban J connectivity index is 2.43. The molecule has 1 aromatic rings. The fourth-order valence-corrected chi connectivity index (χ4v) is 1.48. The summed E-state index contributed by atoms with van der Waals surface area (Å²) >= 11 is 5.94. The monoisotopic (exact) mass is 183 g/mol. The second-order valence-electron chi connectivity index (χ2n) is 2.93. The molecule has 0 amide bonds. The van der Waals surface area contributed by atoms with Crippen LogP contribution in [0.5, 0.6) is 5.75 Å². The van der Waals surface area contributed by atoms with E-state index in [4.69, 9.17) is 16.3 Å². The van der Waals surface area contributed by atoms with E-state index < -0.39 is 0 Å². The Morgan fingerprint density at radius 3 is 3.25 bits per heavy atom. The minimum absolute atomic E-state index is 0.192. The zero-order valence-electron chi connectivity index (χ0n) is 6.80. The smallest absolute Gasteiger partial charge is 0.161 e. The summed E-state index contributed by atoms with van der Waals surface area (Å²) < 4.78 is 5.57. The fraction of sp³-hybridized carbons (Fsp3) is 0.333. The van der Waals surface area contributed by atoms with E-state index in [1.165, 1.54) is 0 Å². The number of hydrogen-bond donors (Lipinski definition) is 1. The maximum absolute atomic E-state index is 5.94. The van der Waals surface area contributed by atoms with Gasteiger partial charge in [0, 0.05) is 0 Å². The van der Waals surface area contributed by atoms with Crippen molar-refractivity contribution < 1.29 is 4.74 Å². The summed E-state index contributed by atoms with van der Waals surface area (Å²) in [5.41, 5.74) is 0.987. The van der Waals surface area contributed by atoms with Crippen LogP contribution in [0.4, 0.5) is 5.69 Å². The number of fused-ring (bicyclic) bond motifs is 1. The summed E-state index contributed by atoms with van der Waals surface area (Å²) in [6.45, 7) is 2.85. The molecule has 2 nitrogen and oxygen atoms in total. The summed E-state index contributed by atoms with van der Waals surface area (Å²) in [5.74, 6) is 0.776. The average molecular weight is 184 g/mol. The maximum Gasteiger partial charge on any atom is 0.161 e. The van der Waals surface area contributed by atoms with Crippen molar-refractivity contribution in [2.75, 3.05) is 11.9 Å². The molecule has 1 aliphatic heterocycles. The lowest BCUT2D eigenvalue weighted by molar-refractivity contribution is 0.226. The third-order valence-electron chi connectivity index (χ3n) is 1.87. The van der Waals surface area contributed by atoms with Gasteiger partial charge in [-0.3, -0.25) is 0 Å². The van der Waals surface area contributed by atoms with Gasteiger partial charge >= 0.3 is 0 Å². The topological polar surface area (TPSA) is 21.3 Å². The highest BCUT2D eigenvalue weighted by Crippen LogP contribution is 2.35. The van der Waals surface area contributed by atoms with Gasteiger partial charge in [-0.1, -0.05) is 17.7 Å². The molecule has 2 rings (SSSR count). The molecule has 0 radical (unpaired) electrons. The lowest BCUT2D eigenvalue weighted by Crippen LogP contribution is -2.27. The molecule has 0 spiro atoms. The zero-order chi connectivity index (χ0) is 8.55. The molecule has 1 atom stereocenters. The van der Waals surface area contributed by atoms with Crippen molar-refractivity contribution in [3.63, 3.8) is 0 Å². The Morgan fingerprint density at radius 2 is 2.42 bits per heavy atom. The average Bonchev–Trinajstić information content (AvgIpc) is 2.07. The molecule has 0 saturated heterocycles. The molecule has 1 aromatic carbocycles. The molecule has 64 valence electrons. The first-order valence-corrected chi connectivity index (χ1v) is 4.34. The number of rotatable bonds is 0. The van der Waals surface area contributed by atoms with E-state index in [-0.39, 0.29) is 6.10 Å². The van der Waals surface area contributed by atoms with Gasteiger partial charge in [-0.2, -0.15) is 0 Å². The highest BCUT2D eigenvalue weighted by molar-refractivity contribution is 6.32. The summed E-state index contributed by atoms with van der Waals surface area (Å²) in [6, 6.07) is 5.71. The molecule has 0 aromatic heterocycles. The zero-order valence-corrected chi connectivity index (χ0v) is 7.56. The number of benzene rings is 1. The molecule has 12 heavy (non-hydrogen) atoms. The van der Waals surface area contributed by atoms with Gasteiger partial charge in [-0.05, 0) is 19.1 Å². The van der Waals surface area contributed by atoms with Crippen molar-refractivity contribution in [1.29, 1.82) is 0 Å². The largest absolute Gasteiger partial charge is 0.485 e. The maximum atomic E-state index is 5.94. The van der Waals surface area contributed by atoms with Gasteiger partial charge in [-0.15, -0.1) is 0 Å². The minimum Gasteiger partial charge on any atom is -0.485 e. The molecule has 1 N–H and O–H groups in total. The van der Waals surface area contributed by atoms with E-state index in [0.29, 0.717) is 5.02 Å². The van der Waals surface area contributed by atoms with Crippen LogP contribution < -0.4 is 10.1 Å². The highest BCUT2D eigenvalue weighted by Gasteiger charge is 2.16. The van der Waals surface area contributed by atoms with Gasteiger partial charge in [0.1, 0.15) is 6.10 Å². The van der Waals surface area contributed by atoms with Gasteiger partial charge in [0.05, 0.1) is 17.3 Å². The molecule has 1 aliphatic rings. The van der Waals surface area contributed by atoms with Crippen molar-refractivity contribution in [1.82, 2.24) is 0 Å². The predicted molar refractivity (Wildman–Crippen MR) is 50.0 cm³/mol. The van der Waals surface area contributed by atoms with Gasteiger partial charge in [0.25, 0.3) is 0 Å². The van der Waals surface area contributed by atoms with Crippen LogP contribution in [0.15, 0.2) is 18.2 Å². The van der Waals surface area contributed by atoms with Crippen LogP contribution >= 0.6 is 11.6 Å². The molecule has 0 aliphatic carbocycles. The first-order chi connectivity index (χ1) is 5.77. The first-order valence-electron chi connectivity index (χ1n) is 3.96. The summed E-state index contributed by atoms with van der Waals surface area (Å²) in [5, 5.41) is 3.92. The van der Waals surface area contributed by atoms with Gasteiger partial charge in [0.15, 0.2) is 5.75 Å². The number of hydrogen-bond acceptors (Lipinski definition) is 2. The number of para-hydroxylation sites is 1. The van der Waals surface area contributed by atoms with E-state index in [2.05, 4.69) is 5.32 Å². The van der Waals surface area contributed by atoms with Crippen LogP contribution in [0.1, 0.15) is 6.92 Å². The van der Waals surface area contributed by atoms with Crippen LogP contribution in [0.2, 0.25) is 5.02 Å². The van der Waals surface area contributed by atoms with Crippen LogP contribution in [0.25, 0.3) is 0 Å². The summed E-state index contributed by atoms with van der Waals surface area (Å²) in [6.07, 6.45) is 0.192. The number of halogens is 1.